The Morgan fingerprint density at radius 1 is 1.10 bits per heavy atom. The summed E-state index contributed by atoms with van der Waals surface area (Å²) in [6.07, 6.45) is 3.07. The predicted octanol–water partition coefficient (Wildman–Crippen LogP) is 2.91. The molecule has 0 aliphatic carbocycles. The molecule has 31 heavy (non-hydrogen) atoms. The average molecular weight is 424 g/mol. The van der Waals surface area contributed by atoms with E-state index in [2.05, 4.69) is 25.1 Å². The van der Waals surface area contributed by atoms with Crippen molar-refractivity contribution in [1.82, 2.24) is 19.7 Å². The van der Waals surface area contributed by atoms with Crippen LogP contribution in [0.2, 0.25) is 0 Å². The van der Waals surface area contributed by atoms with Crippen molar-refractivity contribution in [3.05, 3.63) is 69.7 Å². The lowest BCUT2D eigenvalue weighted by Crippen LogP contribution is -2.17. The highest BCUT2D eigenvalue weighted by Crippen LogP contribution is 2.26. The summed E-state index contributed by atoms with van der Waals surface area (Å²) < 4.78 is 5.99. The molecule has 0 bridgehead atoms. The number of hydrogen-bond acceptors (Lipinski definition) is 8. The second kappa shape index (κ2) is 8.30. The van der Waals surface area contributed by atoms with E-state index in [1.165, 1.54) is 23.1 Å². The van der Waals surface area contributed by atoms with Gasteiger partial charge in [0.25, 0.3) is 17.5 Å². The van der Waals surface area contributed by atoms with Crippen molar-refractivity contribution in [3.8, 4) is 5.95 Å². The van der Waals surface area contributed by atoms with Crippen molar-refractivity contribution in [2.24, 2.45) is 0 Å². The fraction of sp³-hybridized carbons (Fsp3) is 0.250. The Labute approximate surface area is 177 Å². The van der Waals surface area contributed by atoms with Crippen molar-refractivity contribution in [2.45, 2.75) is 26.2 Å². The number of nitrogens with one attached hydrogen (secondary N) is 1. The minimum Gasteiger partial charge on any atom is -0.465 e. The molecule has 1 amide bonds. The third kappa shape index (κ3) is 4.71. The maximum absolute atomic E-state index is 12.9. The summed E-state index contributed by atoms with van der Waals surface area (Å²) in [4.78, 5) is 43.7. The molecule has 0 aliphatic rings. The molecule has 0 unspecified atom stereocenters. The fourth-order valence-corrected chi connectivity index (χ4v) is 2.66. The summed E-state index contributed by atoms with van der Waals surface area (Å²) in [6, 6.07) is 6.66. The van der Waals surface area contributed by atoms with Gasteiger partial charge in [0.15, 0.2) is 0 Å². The van der Waals surface area contributed by atoms with Crippen LogP contribution in [0, 0.1) is 10.1 Å². The molecule has 3 aromatic rings. The molecule has 1 aromatic carbocycles. The van der Waals surface area contributed by atoms with Crippen molar-refractivity contribution >= 4 is 23.4 Å². The van der Waals surface area contributed by atoms with E-state index in [4.69, 9.17) is 0 Å². The van der Waals surface area contributed by atoms with E-state index in [0.29, 0.717) is 5.69 Å². The van der Waals surface area contributed by atoms with Crippen LogP contribution in [0.1, 0.15) is 47.2 Å². The third-order valence-corrected chi connectivity index (χ3v) is 4.27. The molecule has 0 radical (unpaired) electrons. The van der Waals surface area contributed by atoms with E-state index in [1.807, 2.05) is 20.8 Å². The van der Waals surface area contributed by atoms with Crippen LogP contribution >= 0.6 is 0 Å². The zero-order chi connectivity index (χ0) is 22.8. The number of benzene rings is 1. The zero-order valence-corrected chi connectivity index (χ0v) is 17.3. The zero-order valence-electron chi connectivity index (χ0n) is 17.3. The Morgan fingerprint density at radius 2 is 1.74 bits per heavy atom. The van der Waals surface area contributed by atoms with E-state index in [0.717, 1.165) is 19.2 Å². The van der Waals surface area contributed by atoms with Gasteiger partial charge in [0.1, 0.15) is 5.82 Å². The van der Waals surface area contributed by atoms with Gasteiger partial charge in [0.05, 0.1) is 23.3 Å². The Balaban J connectivity index is 2.04. The Hall–Kier alpha value is -4.15. The number of nitrogens with zero attached hydrogens (tertiary/aromatic N) is 5. The van der Waals surface area contributed by atoms with E-state index < -0.39 is 22.5 Å². The number of anilines is 1. The normalized spacial score (nSPS) is 11.1. The number of carbonyl (C=O) groups is 2. The maximum Gasteiger partial charge on any atom is 0.338 e. The predicted molar refractivity (Wildman–Crippen MR) is 110 cm³/mol. The minimum atomic E-state index is -0.796. The molecule has 0 spiro atoms. The maximum atomic E-state index is 12.9. The smallest absolute Gasteiger partial charge is 0.338 e. The summed E-state index contributed by atoms with van der Waals surface area (Å²) >= 11 is 0. The van der Waals surface area contributed by atoms with Crippen LogP contribution in [0.3, 0.4) is 0 Å². The molecule has 160 valence electrons. The van der Waals surface area contributed by atoms with Crippen LogP contribution in [0.5, 0.6) is 0 Å². The summed E-state index contributed by atoms with van der Waals surface area (Å²) in [5.41, 5.74) is -0.276. The van der Waals surface area contributed by atoms with Gasteiger partial charge in [-0.1, -0.05) is 20.8 Å². The van der Waals surface area contributed by atoms with Gasteiger partial charge in [0, 0.05) is 41.6 Å². The topological polar surface area (TPSA) is 142 Å². The SMILES string of the molecule is COC(=O)c1cc(C(=O)Nc2cc(C(C)(C)C)nn2-c2ncccn2)cc([N+](=O)[O-])c1. The monoisotopic (exact) mass is 424 g/mol. The minimum absolute atomic E-state index is 0.0892. The number of non-ortho nitro benzene ring substituents is 1. The van der Waals surface area contributed by atoms with Crippen LogP contribution in [-0.2, 0) is 10.2 Å². The number of carbonyl (C=O) groups excluding carboxylic acids is 2. The number of nitro benzene ring substituents is 1. The molecule has 11 nitrogen and oxygen atoms in total. The van der Waals surface area contributed by atoms with Crippen LogP contribution in [0.25, 0.3) is 5.95 Å². The average Bonchev–Trinajstić information content (AvgIpc) is 3.17. The van der Waals surface area contributed by atoms with Gasteiger partial charge < -0.3 is 10.1 Å². The van der Waals surface area contributed by atoms with Gasteiger partial charge in [-0.15, -0.1) is 0 Å². The molecule has 0 saturated carbocycles. The molecule has 0 aliphatic heterocycles. The van der Waals surface area contributed by atoms with Crippen LogP contribution in [0.4, 0.5) is 11.5 Å². The molecule has 0 fully saturated rings. The Kier molecular flexibility index (Phi) is 5.77. The van der Waals surface area contributed by atoms with Crippen molar-refractivity contribution in [2.75, 3.05) is 12.4 Å². The Bertz CT molecular complexity index is 1150. The quantitative estimate of drug-likeness (QED) is 0.374. The molecule has 0 saturated heterocycles. The number of methoxy groups -OCH3 is 1. The number of hydrogen-bond donors (Lipinski definition) is 1. The van der Waals surface area contributed by atoms with Gasteiger partial charge in [-0.2, -0.15) is 9.78 Å². The summed E-state index contributed by atoms with van der Waals surface area (Å²) in [5.74, 6) is -0.961. The van der Waals surface area contributed by atoms with Gasteiger partial charge in [0.2, 0.25) is 0 Å². The number of esters is 1. The van der Waals surface area contributed by atoms with Gasteiger partial charge in [-0.25, -0.2) is 14.8 Å². The highest BCUT2D eigenvalue weighted by molar-refractivity contribution is 6.06. The first-order chi connectivity index (χ1) is 14.6. The second-order valence-electron chi connectivity index (χ2n) is 7.60. The van der Waals surface area contributed by atoms with E-state index in [-0.39, 0.29) is 28.3 Å². The number of ether oxygens (including phenoxy) is 1. The number of rotatable bonds is 5. The molecule has 3 rings (SSSR count). The first-order valence-corrected chi connectivity index (χ1v) is 9.17. The molecule has 2 heterocycles. The van der Waals surface area contributed by atoms with Crippen LogP contribution in [0.15, 0.2) is 42.7 Å². The third-order valence-electron chi connectivity index (χ3n) is 4.27. The van der Waals surface area contributed by atoms with Crippen molar-refractivity contribution < 1.29 is 19.2 Å². The van der Waals surface area contributed by atoms with Crippen molar-refractivity contribution in [3.63, 3.8) is 0 Å². The van der Waals surface area contributed by atoms with Crippen LogP contribution < -0.4 is 5.32 Å². The molecule has 1 N–H and O–H groups in total. The standard InChI is InChI=1S/C20H20N6O5/c1-20(2,3)15-11-16(25(24-15)19-21-6-5-7-22-19)23-17(27)12-8-13(18(28)31-4)10-14(9-12)26(29)30/h5-11H,1-4H3,(H,23,27). The highest BCUT2D eigenvalue weighted by Gasteiger charge is 2.24. The molecular formula is C20H20N6O5. The lowest BCUT2D eigenvalue weighted by molar-refractivity contribution is -0.384. The van der Waals surface area contributed by atoms with E-state index >= 15 is 0 Å². The van der Waals surface area contributed by atoms with Gasteiger partial charge >= 0.3 is 5.97 Å². The summed E-state index contributed by atoms with van der Waals surface area (Å²) in [6.45, 7) is 5.88. The lowest BCUT2D eigenvalue weighted by atomic mass is 9.92. The number of aromatic nitrogens is 4. The number of amides is 1. The fourth-order valence-electron chi connectivity index (χ4n) is 2.66. The molecule has 11 heteroatoms. The molecular weight excluding hydrogens is 404 g/mol. The van der Waals surface area contributed by atoms with Gasteiger partial charge in [-0.3, -0.25) is 14.9 Å². The second-order valence-corrected chi connectivity index (χ2v) is 7.60. The van der Waals surface area contributed by atoms with E-state index in [9.17, 15) is 19.7 Å². The largest absolute Gasteiger partial charge is 0.465 e. The number of nitro groups is 1. The van der Waals surface area contributed by atoms with Crippen LogP contribution in [-0.4, -0.2) is 43.7 Å². The summed E-state index contributed by atoms with van der Waals surface area (Å²) in [5, 5.41) is 18.4. The Morgan fingerprint density at radius 3 is 2.32 bits per heavy atom. The molecule has 0 atom stereocenters. The van der Waals surface area contributed by atoms with E-state index in [1.54, 1.807) is 12.1 Å². The van der Waals surface area contributed by atoms with Crippen molar-refractivity contribution in [1.29, 1.82) is 0 Å². The first-order valence-electron chi connectivity index (χ1n) is 9.17. The molecule has 2 aromatic heterocycles. The van der Waals surface area contributed by atoms with Gasteiger partial charge in [-0.05, 0) is 12.1 Å². The highest BCUT2D eigenvalue weighted by atomic mass is 16.6. The lowest BCUT2D eigenvalue weighted by Gasteiger charge is -2.13. The first kappa shape index (κ1) is 21.6. The summed E-state index contributed by atoms with van der Waals surface area (Å²) in [7, 11) is 1.15.